The molecule has 1 unspecified atom stereocenters. The standard InChI is InChI=1S/C10H13FN4O/c1-15(2)10-5-7(11)3-4-8(10)9(6-16)13-14-12/h3-5,9,16H,6H2,1-2H3. The lowest BCUT2D eigenvalue weighted by Gasteiger charge is -2.20. The minimum atomic E-state index is -0.692. The van der Waals surface area contributed by atoms with Crippen LogP contribution in [0.25, 0.3) is 10.4 Å². The summed E-state index contributed by atoms with van der Waals surface area (Å²) in [5.41, 5.74) is 9.57. The van der Waals surface area contributed by atoms with E-state index >= 15 is 0 Å². The monoisotopic (exact) mass is 224 g/mol. The van der Waals surface area contributed by atoms with Gasteiger partial charge >= 0.3 is 0 Å². The largest absolute Gasteiger partial charge is 0.396 e. The molecule has 16 heavy (non-hydrogen) atoms. The Morgan fingerprint density at radius 3 is 2.75 bits per heavy atom. The molecule has 0 saturated heterocycles. The summed E-state index contributed by atoms with van der Waals surface area (Å²) in [4.78, 5) is 4.36. The molecular weight excluding hydrogens is 211 g/mol. The van der Waals surface area contributed by atoms with Gasteiger partial charge in [0, 0.05) is 24.7 Å². The van der Waals surface area contributed by atoms with Crippen LogP contribution in [0.5, 0.6) is 0 Å². The fourth-order valence-corrected chi connectivity index (χ4v) is 1.45. The lowest BCUT2D eigenvalue weighted by Crippen LogP contribution is -2.14. The quantitative estimate of drug-likeness (QED) is 0.484. The lowest BCUT2D eigenvalue weighted by molar-refractivity contribution is 0.268. The van der Waals surface area contributed by atoms with Crippen LogP contribution in [0, 0.1) is 5.82 Å². The molecule has 0 saturated carbocycles. The number of nitrogens with zero attached hydrogens (tertiary/aromatic N) is 4. The first kappa shape index (κ1) is 12.3. The average Bonchev–Trinajstić information content (AvgIpc) is 2.26. The maximum absolute atomic E-state index is 13.1. The van der Waals surface area contributed by atoms with Gasteiger partial charge in [-0.3, -0.25) is 0 Å². The zero-order valence-corrected chi connectivity index (χ0v) is 9.13. The van der Waals surface area contributed by atoms with Crippen LogP contribution in [0.15, 0.2) is 23.3 Å². The molecule has 0 aliphatic carbocycles. The first-order valence-corrected chi connectivity index (χ1v) is 4.72. The van der Waals surface area contributed by atoms with Crippen LogP contribution < -0.4 is 4.90 Å². The van der Waals surface area contributed by atoms with E-state index in [-0.39, 0.29) is 12.4 Å². The summed E-state index contributed by atoms with van der Waals surface area (Å²) in [6, 6.07) is 3.44. The van der Waals surface area contributed by atoms with Crippen molar-refractivity contribution in [3.05, 3.63) is 40.0 Å². The highest BCUT2D eigenvalue weighted by atomic mass is 19.1. The Bertz CT molecular complexity index is 415. The van der Waals surface area contributed by atoms with E-state index in [4.69, 9.17) is 10.6 Å². The molecule has 1 aromatic rings. The molecule has 0 fully saturated rings. The fraction of sp³-hybridized carbons (Fsp3) is 0.400. The van der Waals surface area contributed by atoms with Gasteiger partial charge in [0.1, 0.15) is 5.82 Å². The van der Waals surface area contributed by atoms with Gasteiger partial charge in [0.15, 0.2) is 0 Å². The van der Waals surface area contributed by atoms with Gasteiger partial charge in [0.05, 0.1) is 12.6 Å². The second kappa shape index (κ2) is 5.34. The van der Waals surface area contributed by atoms with E-state index in [0.29, 0.717) is 11.3 Å². The van der Waals surface area contributed by atoms with Gasteiger partial charge in [-0.05, 0) is 23.2 Å². The molecule has 1 N–H and O–H groups in total. The van der Waals surface area contributed by atoms with Crippen LogP contribution in [-0.4, -0.2) is 25.8 Å². The number of aliphatic hydroxyl groups is 1. The van der Waals surface area contributed by atoms with Crippen molar-refractivity contribution < 1.29 is 9.50 Å². The molecule has 0 heterocycles. The van der Waals surface area contributed by atoms with Gasteiger partial charge in [-0.2, -0.15) is 0 Å². The van der Waals surface area contributed by atoms with E-state index in [1.54, 1.807) is 19.0 Å². The zero-order chi connectivity index (χ0) is 12.1. The van der Waals surface area contributed by atoms with Gasteiger partial charge in [0.25, 0.3) is 0 Å². The van der Waals surface area contributed by atoms with Gasteiger partial charge in [-0.1, -0.05) is 11.2 Å². The molecule has 0 spiro atoms. The Morgan fingerprint density at radius 2 is 2.25 bits per heavy atom. The fourth-order valence-electron chi connectivity index (χ4n) is 1.45. The Hall–Kier alpha value is -1.78. The SMILES string of the molecule is CN(C)c1cc(F)ccc1C(CO)N=[N+]=[N-]. The Labute approximate surface area is 92.7 Å². The van der Waals surface area contributed by atoms with Crippen molar-refractivity contribution in [3.8, 4) is 0 Å². The van der Waals surface area contributed by atoms with Crippen molar-refractivity contribution >= 4 is 5.69 Å². The number of benzene rings is 1. The van der Waals surface area contributed by atoms with Crippen molar-refractivity contribution in [1.29, 1.82) is 0 Å². The molecule has 5 nitrogen and oxygen atoms in total. The second-order valence-corrected chi connectivity index (χ2v) is 3.50. The lowest BCUT2D eigenvalue weighted by atomic mass is 10.1. The predicted molar refractivity (Wildman–Crippen MR) is 59.7 cm³/mol. The molecule has 0 aliphatic rings. The number of hydrogen-bond acceptors (Lipinski definition) is 3. The molecule has 1 rings (SSSR count). The van der Waals surface area contributed by atoms with Gasteiger partial charge in [0.2, 0.25) is 0 Å². The second-order valence-electron chi connectivity index (χ2n) is 3.50. The number of anilines is 1. The molecule has 1 atom stereocenters. The highest BCUT2D eigenvalue weighted by Gasteiger charge is 2.14. The zero-order valence-electron chi connectivity index (χ0n) is 9.13. The topological polar surface area (TPSA) is 72.2 Å². The molecule has 6 heteroatoms. The highest BCUT2D eigenvalue weighted by Crippen LogP contribution is 2.28. The number of aliphatic hydroxyl groups excluding tert-OH is 1. The Morgan fingerprint density at radius 1 is 1.56 bits per heavy atom. The Balaban J connectivity index is 3.25. The molecule has 86 valence electrons. The third-order valence-electron chi connectivity index (χ3n) is 2.20. The first-order valence-electron chi connectivity index (χ1n) is 4.72. The smallest absolute Gasteiger partial charge is 0.125 e. The summed E-state index contributed by atoms with van der Waals surface area (Å²) >= 11 is 0. The van der Waals surface area contributed by atoms with E-state index in [2.05, 4.69) is 10.0 Å². The normalized spacial score (nSPS) is 11.8. The van der Waals surface area contributed by atoms with Crippen molar-refractivity contribution in [2.45, 2.75) is 6.04 Å². The third kappa shape index (κ3) is 2.62. The minimum absolute atomic E-state index is 0.309. The summed E-state index contributed by atoms with van der Waals surface area (Å²) in [5, 5.41) is 12.6. The highest BCUT2D eigenvalue weighted by molar-refractivity contribution is 5.54. The predicted octanol–water partition coefficient (Wildman–Crippen LogP) is 2.24. The third-order valence-corrected chi connectivity index (χ3v) is 2.20. The van der Waals surface area contributed by atoms with Crippen molar-refractivity contribution in [3.63, 3.8) is 0 Å². The van der Waals surface area contributed by atoms with Gasteiger partial charge in [-0.25, -0.2) is 4.39 Å². The maximum atomic E-state index is 13.1. The summed E-state index contributed by atoms with van der Waals surface area (Å²) < 4.78 is 13.1. The average molecular weight is 224 g/mol. The number of rotatable bonds is 4. The molecule has 0 amide bonds. The van der Waals surface area contributed by atoms with Gasteiger partial charge < -0.3 is 10.0 Å². The van der Waals surface area contributed by atoms with Crippen LogP contribution in [0.4, 0.5) is 10.1 Å². The van der Waals surface area contributed by atoms with E-state index < -0.39 is 6.04 Å². The molecule has 0 bridgehead atoms. The molecule has 0 aromatic heterocycles. The minimum Gasteiger partial charge on any atom is -0.396 e. The van der Waals surface area contributed by atoms with Crippen LogP contribution in [0.3, 0.4) is 0 Å². The number of hydrogen-bond donors (Lipinski definition) is 1. The van der Waals surface area contributed by atoms with Crippen molar-refractivity contribution in [2.75, 3.05) is 25.6 Å². The van der Waals surface area contributed by atoms with Crippen molar-refractivity contribution in [1.82, 2.24) is 0 Å². The van der Waals surface area contributed by atoms with Crippen molar-refractivity contribution in [2.24, 2.45) is 5.11 Å². The number of azide groups is 1. The van der Waals surface area contributed by atoms with Crippen LogP contribution in [0.2, 0.25) is 0 Å². The molecule has 1 aromatic carbocycles. The van der Waals surface area contributed by atoms with E-state index in [1.807, 2.05) is 0 Å². The molecule has 0 aliphatic heterocycles. The Kier molecular flexibility index (Phi) is 4.10. The summed E-state index contributed by atoms with van der Waals surface area (Å²) in [6.45, 7) is -0.309. The van der Waals surface area contributed by atoms with E-state index in [1.165, 1.54) is 18.2 Å². The summed E-state index contributed by atoms with van der Waals surface area (Å²) in [6.07, 6.45) is 0. The maximum Gasteiger partial charge on any atom is 0.125 e. The van der Waals surface area contributed by atoms with Gasteiger partial charge in [-0.15, -0.1) is 0 Å². The molecule has 0 radical (unpaired) electrons. The summed E-state index contributed by atoms with van der Waals surface area (Å²) in [7, 11) is 3.51. The summed E-state index contributed by atoms with van der Waals surface area (Å²) in [5.74, 6) is -0.370. The first-order chi connectivity index (χ1) is 7.60. The van der Waals surface area contributed by atoms with E-state index in [0.717, 1.165) is 0 Å². The van der Waals surface area contributed by atoms with Crippen LogP contribution in [0.1, 0.15) is 11.6 Å². The number of halogens is 1. The van der Waals surface area contributed by atoms with E-state index in [9.17, 15) is 4.39 Å². The van der Waals surface area contributed by atoms with Crippen LogP contribution >= 0.6 is 0 Å². The van der Waals surface area contributed by atoms with Crippen LogP contribution in [-0.2, 0) is 0 Å². The molecular formula is C10H13FN4O.